The molecule has 138 valence electrons. The largest absolute Gasteiger partial charge is 0.378 e. The average molecular weight is 359 g/mol. The summed E-state index contributed by atoms with van der Waals surface area (Å²) in [6.07, 6.45) is 4.05. The maximum atomic E-state index is 13.1. The third-order valence-corrected chi connectivity index (χ3v) is 5.20. The Morgan fingerprint density at radius 3 is 2.35 bits per heavy atom. The smallest absolute Gasteiger partial charge is 0.283 e. The van der Waals surface area contributed by atoms with E-state index in [-0.39, 0.29) is 24.3 Å². The second kappa shape index (κ2) is 6.75. The predicted octanol–water partition coefficient (Wildman–Crippen LogP) is 0.210. The molecular weight excluding hydrogens is 338 g/mol. The third kappa shape index (κ3) is 2.98. The summed E-state index contributed by atoms with van der Waals surface area (Å²) in [5, 5.41) is 1.84. The Balaban J connectivity index is 1.75. The first kappa shape index (κ1) is 17.1. The van der Waals surface area contributed by atoms with Crippen LogP contribution in [-0.4, -0.2) is 53.3 Å². The van der Waals surface area contributed by atoms with Crippen molar-refractivity contribution in [2.24, 2.45) is 5.92 Å². The fourth-order valence-electron chi connectivity index (χ4n) is 3.63. The number of rotatable bonds is 4. The number of ketones is 3. The van der Waals surface area contributed by atoms with Crippen molar-refractivity contribution in [3.63, 3.8) is 0 Å². The van der Waals surface area contributed by atoms with Gasteiger partial charge in [0, 0.05) is 25.0 Å². The van der Waals surface area contributed by atoms with Crippen molar-refractivity contribution in [2.45, 2.75) is 38.0 Å². The lowest BCUT2D eigenvalue weighted by Crippen LogP contribution is -2.52. The van der Waals surface area contributed by atoms with Gasteiger partial charge in [-0.1, -0.05) is 0 Å². The van der Waals surface area contributed by atoms with E-state index in [0.717, 1.165) is 12.8 Å². The fraction of sp³-hybridized carbons (Fsp3) is 0.611. The number of hydrogen-bond donors (Lipinski definition) is 0. The van der Waals surface area contributed by atoms with Crippen molar-refractivity contribution in [1.29, 1.82) is 0 Å². The lowest BCUT2D eigenvalue weighted by atomic mass is 9.82. The van der Waals surface area contributed by atoms with Crippen molar-refractivity contribution in [1.82, 2.24) is 9.66 Å². The lowest BCUT2D eigenvalue weighted by molar-refractivity contribution is -0.133. The molecule has 1 saturated heterocycles. The molecule has 0 unspecified atom stereocenters. The molecule has 2 heterocycles. The van der Waals surface area contributed by atoms with Gasteiger partial charge in [0.2, 0.25) is 0 Å². The minimum atomic E-state index is -1.34. The Hall–Kier alpha value is -2.35. The van der Waals surface area contributed by atoms with Crippen LogP contribution in [-0.2, 0) is 14.3 Å². The molecule has 8 heteroatoms. The van der Waals surface area contributed by atoms with Gasteiger partial charge >= 0.3 is 0 Å². The zero-order valence-electron chi connectivity index (χ0n) is 14.5. The van der Waals surface area contributed by atoms with Crippen molar-refractivity contribution in [3.05, 3.63) is 27.9 Å². The van der Waals surface area contributed by atoms with E-state index in [1.807, 2.05) is 5.01 Å². The van der Waals surface area contributed by atoms with E-state index in [1.165, 1.54) is 10.9 Å². The van der Waals surface area contributed by atoms with E-state index in [9.17, 15) is 19.2 Å². The zero-order valence-corrected chi connectivity index (χ0v) is 14.5. The summed E-state index contributed by atoms with van der Waals surface area (Å²) in [7, 11) is 0. The van der Waals surface area contributed by atoms with Gasteiger partial charge in [0.05, 0.1) is 26.3 Å². The molecule has 2 saturated carbocycles. The normalized spacial score (nSPS) is 21.9. The Morgan fingerprint density at radius 1 is 1.08 bits per heavy atom. The molecule has 1 aromatic heterocycles. The van der Waals surface area contributed by atoms with Crippen LogP contribution in [0, 0.1) is 5.92 Å². The van der Waals surface area contributed by atoms with Gasteiger partial charge in [-0.05, 0) is 19.3 Å². The van der Waals surface area contributed by atoms with Crippen LogP contribution in [0.2, 0.25) is 0 Å². The summed E-state index contributed by atoms with van der Waals surface area (Å²) in [6.45, 7) is 2.04. The summed E-state index contributed by atoms with van der Waals surface area (Å²) < 4.78 is 6.82. The molecule has 0 bridgehead atoms. The monoisotopic (exact) mass is 359 g/mol. The molecule has 0 atom stereocenters. The quantitative estimate of drug-likeness (QED) is 0.560. The number of nitrogens with zero attached hydrogens (tertiary/aromatic N) is 3. The molecule has 1 aromatic rings. The van der Waals surface area contributed by atoms with Crippen LogP contribution in [0.15, 0.2) is 11.0 Å². The zero-order chi connectivity index (χ0) is 18.3. The van der Waals surface area contributed by atoms with Crippen LogP contribution in [0.5, 0.6) is 0 Å². The number of aromatic nitrogens is 2. The molecule has 0 N–H and O–H groups in total. The van der Waals surface area contributed by atoms with E-state index in [4.69, 9.17) is 4.74 Å². The summed E-state index contributed by atoms with van der Waals surface area (Å²) in [5.74, 6) is -1.98. The molecule has 3 aliphatic rings. The van der Waals surface area contributed by atoms with Crippen LogP contribution in [0.3, 0.4) is 0 Å². The number of carbonyl (C=O) groups excluding carboxylic acids is 3. The van der Waals surface area contributed by atoms with Gasteiger partial charge in [-0.2, -0.15) is 0 Å². The second-order valence-corrected chi connectivity index (χ2v) is 7.07. The van der Waals surface area contributed by atoms with Crippen LogP contribution < -0.4 is 10.6 Å². The van der Waals surface area contributed by atoms with Gasteiger partial charge in [-0.25, -0.2) is 9.66 Å². The fourth-order valence-corrected chi connectivity index (χ4v) is 3.63. The number of hydrogen-bond acceptors (Lipinski definition) is 7. The van der Waals surface area contributed by atoms with Crippen molar-refractivity contribution >= 4 is 17.3 Å². The molecule has 1 aliphatic heterocycles. The summed E-state index contributed by atoms with van der Waals surface area (Å²) in [6, 6.07) is 0. The van der Waals surface area contributed by atoms with Gasteiger partial charge < -0.3 is 9.75 Å². The molecule has 0 radical (unpaired) electrons. The van der Waals surface area contributed by atoms with Crippen molar-refractivity contribution < 1.29 is 19.1 Å². The van der Waals surface area contributed by atoms with Gasteiger partial charge in [0.1, 0.15) is 17.3 Å². The molecule has 8 nitrogen and oxygen atoms in total. The summed E-state index contributed by atoms with van der Waals surface area (Å²) in [4.78, 5) is 54.5. The molecule has 4 rings (SSSR count). The molecule has 0 amide bonds. The Labute approximate surface area is 150 Å². The number of Topliss-reactive ketones (excluding diaryl/α,β-unsaturated/α-hetero) is 3. The summed E-state index contributed by atoms with van der Waals surface area (Å²) in [5.41, 5.74) is -0.658. The number of morpholine rings is 1. The first-order chi connectivity index (χ1) is 12.6. The van der Waals surface area contributed by atoms with Crippen molar-refractivity contribution in [2.75, 3.05) is 31.3 Å². The van der Waals surface area contributed by atoms with Gasteiger partial charge in [-0.15, -0.1) is 0 Å². The molecule has 2 aliphatic carbocycles. The standard InChI is InChI=1S/C18H21N3O5/c22-13-2-1-3-14(23)15(13)16(24)12-10-19-17(11-4-5-11)21(18(12)25)20-6-8-26-9-7-20/h10-11,15H,1-9H2. The molecule has 3 fully saturated rings. The van der Waals surface area contributed by atoms with Crippen LogP contribution in [0.25, 0.3) is 0 Å². The minimum Gasteiger partial charge on any atom is -0.378 e. The average Bonchev–Trinajstić information content (AvgIpc) is 3.47. The third-order valence-electron chi connectivity index (χ3n) is 5.20. The lowest BCUT2D eigenvalue weighted by Gasteiger charge is -2.32. The molecule has 0 spiro atoms. The maximum Gasteiger partial charge on any atom is 0.283 e. The highest BCUT2D eigenvalue weighted by atomic mass is 16.5. The number of ether oxygens (including phenoxy) is 1. The van der Waals surface area contributed by atoms with E-state index in [2.05, 4.69) is 4.98 Å². The maximum absolute atomic E-state index is 13.1. The Morgan fingerprint density at radius 2 is 1.73 bits per heavy atom. The molecule has 0 aromatic carbocycles. The number of carbonyl (C=O) groups is 3. The van der Waals surface area contributed by atoms with Crippen LogP contribution in [0.4, 0.5) is 0 Å². The van der Waals surface area contributed by atoms with Crippen LogP contribution >= 0.6 is 0 Å². The topological polar surface area (TPSA) is 98.6 Å². The van der Waals surface area contributed by atoms with E-state index in [0.29, 0.717) is 38.5 Å². The first-order valence-electron chi connectivity index (χ1n) is 9.12. The Bertz CT molecular complexity index is 805. The van der Waals surface area contributed by atoms with E-state index < -0.39 is 28.8 Å². The van der Waals surface area contributed by atoms with Gasteiger partial charge in [0.15, 0.2) is 17.3 Å². The second-order valence-electron chi connectivity index (χ2n) is 7.07. The van der Waals surface area contributed by atoms with Crippen LogP contribution in [0.1, 0.15) is 54.2 Å². The van der Waals surface area contributed by atoms with Crippen molar-refractivity contribution in [3.8, 4) is 0 Å². The Kier molecular flexibility index (Phi) is 4.44. The first-order valence-corrected chi connectivity index (χ1v) is 9.12. The molecular formula is C18H21N3O5. The molecule has 26 heavy (non-hydrogen) atoms. The van der Waals surface area contributed by atoms with E-state index >= 15 is 0 Å². The highest BCUT2D eigenvalue weighted by molar-refractivity contribution is 6.24. The van der Waals surface area contributed by atoms with Gasteiger partial charge in [0.25, 0.3) is 5.56 Å². The van der Waals surface area contributed by atoms with Gasteiger partial charge in [-0.3, -0.25) is 19.2 Å². The van der Waals surface area contributed by atoms with E-state index in [1.54, 1.807) is 0 Å². The summed E-state index contributed by atoms with van der Waals surface area (Å²) >= 11 is 0. The predicted molar refractivity (Wildman–Crippen MR) is 90.9 cm³/mol. The highest BCUT2D eigenvalue weighted by Gasteiger charge is 2.39. The highest BCUT2D eigenvalue weighted by Crippen LogP contribution is 2.38. The SMILES string of the molecule is O=C1CCCC(=O)C1C(=O)c1cnc(C2CC2)n(N2CCOCC2)c1=O. The minimum absolute atomic E-state index is 0.172.